The average Bonchev–Trinajstić information content (AvgIpc) is 2.81. The molecule has 0 unspecified atom stereocenters. The molecule has 2 rings (SSSR count). The first-order valence-corrected chi connectivity index (χ1v) is 6.18. The highest BCUT2D eigenvalue weighted by Crippen LogP contribution is 2.32. The van der Waals surface area contributed by atoms with E-state index < -0.39 is 11.9 Å². The van der Waals surface area contributed by atoms with Gasteiger partial charge in [0, 0.05) is 25.0 Å². The van der Waals surface area contributed by atoms with E-state index in [1.54, 1.807) is 13.1 Å². The van der Waals surface area contributed by atoms with Gasteiger partial charge in [-0.2, -0.15) is 13.2 Å². The monoisotopic (exact) mass is 289 g/mol. The number of alkyl halides is 3. The Labute approximate surface area is 111 Å². The van der Waals surface area contributed by atoms with Gasteiger partial charge in [0.2, 0.25) is 5.95 Å². The van der Waals surface area contributed by atoms with Crippen molar-refractivity contribution in [1.29, 1.82) is 0 Å². The summed E-state index contributed by atoms with van der Waals surface area (Å²) in [6, 6.07) is 0.897. The van der Waals surface area contributed by atoms with Crippen molar-refractivity contribution in [3.8, 4) is 0 Å². The van der Waals surface area contributed by atoms with Gasteiger partial charge >= 0.3 is 6.18 Å². The van der Waals surface area contributed by atoms with E-state index in [-0.39, 0.29) is 11.0 Å². The molecule has 0 fully saturated rings. The van der Waals surface area contributed by atoms with E-state index in [0.717, 1.165) is 17.8 Å². The second-order valence-electron chi connectivity index (χ2n) is 3.44. The molecule has 102 valence electrons. The summed E-state index contributed by atoms with van der Waals surface area (Å²) >= 11 is 1.01. The molecule has 2 N–H and O–H groups in total. The van der Waals surface area contributed by atoms with Gasteiger partial charge in [-0.15, -0.1) is 0 Å². The van der Waals surface area contributed by atoms with Crippen LogP contribution in [0.3, 0.4) is 0 Å². The van der Waals surface area contributed by atoms with Crippen LogP contribution in [0.2, 0.25) is 0 Å². The molecule has 0 aromatic carbocycles. The Morgan fingerprint density at radius 1 is 1.37 bits per heavy atom. The number of halogens is 3. The van der Waals surface area contributed by atoms with E-state index in [0.29, 0.717) is 11.7 Å². The Kier molecular flexibility index (Phi) is 3.93. The van der Waals surface area contributed by atoms with Gasteiger partial charge in [0.25, 0.3) is 0 Å². The van der Waals surface area contributed by atoms with Crippen molar-refractivity contribution in [2.45, 2.75) is 23.3 Å². The summed E-state index contributed by atoms with van der Waals surface area (Å²) in [5.41, 5.74) is -0.979. The van der Waals surface area contributed by atoms with E-state index in [2.05, 4.69) is 25.3 Å². The van der Waals surface area contributed by atoms with Gasteiger partial charge in [0.15, 0.2) is 10.9 Å². The smallest absolute Gasteiger partial charge is 0.354 e. The zero-order valence-corrected chi connectivity index (χ0v) is 10.6. The van der Waals surface area contributed by atoms with Crippen LogP contribution in [0.5, 0.6) is 0 Å². The summed E-state index contributed by atoms with van der Waals surface area (Å²) in [5.74, 6) is -0.0496. The molecule has 19 heavy (non-hydrogen) atoms. The van der Waals surface area contributed by atoms with Gasteiger partial charge in [-0.05, 0) is 18.7 Å². The van der Waals surface area contributed by atoms with Gasteiger partial charge in [-0.1, -0.05) is 0 Å². The van der Waals surface area contributed by atoms with Crippen LogP contribution in [0.1, 0.15) is 12.6 Å². The standard InChI is InChI=1S/C10H10F3N5S/c1-2-14-8-17-6(10(11,12)13)5-7(18-8)19-9-15-3-4-16-9/h3-5H,2H2,1H3,(H,15,16)(H,14,17,18). The second-order valence-corrected chi connectivity index (χ2v) is 4.45. The first kappa shape index (κ1) is 13.7. The highest BCUT2D eigenvalue weighted by molar-refractivity contribution is 7.99. The van der Waals surface area contributed by atoms with E-state index in [9.17, 15) is 13.2 Å². The molecular weight excluding hydrogens is 279 g/mol. The Hall–Kier alpha value is -1.77. The Morgan fingerprint density at radius 3 is 2.74 bits per heavy atom. The minimum absolute atomic E-state index is 0.0496. The van der Waals surface area contributed by atoms with Crippen LogP contribution in [-0.2, 0) is 6.18 Å². The third-order valence-corrected chi connectivity index (χ3v) is 2.84. The van der Waals surface area contributed by atoms with E-state index in [4.69, 9.17) is 0 Å². The maximum atomic E-state index is 12.7. The predicted octanol–water partition coefficient (Wildman–Crippen LogP) is 2.80. The van der Waals surface area contributed by atoms with Crippen molar-refractivity contribution in [2.24, 2.45) is 0 Å². The molecule has 5 nitrogen and oxygen atoms in total. The van der Waals surface area contributed by atoms with E-state index in [1.807, 2.05) is 0 Å². The maximum absolute atomic E-state index is 12.7. The third kappa shape index (κ3) is 3.60. The molecule has 0 saturated heterocycles. The van der Waals surface area contributed by atoms with Gasteiger partial charge in [0.05, 0.1) is 0 Å². The molecule has 0 radical (unpaired) electrons. The fraction of sp³-hybridized carbons (Fsp3) is 0.300. The van der Waals surface area contributed by atoms with Crippen molar-refractivity contribution in [3.63, 3.8) is 0 Å². The van der Waals surface area contributed by atoms with Gasteiger partial charge in [-0.25, -0.2) is 15.0 Å². The maximum Gasteiger partial charge on any atom is 0.433 e. The highest BCUT2D eigenvalue weighted by Gasteiger charge is 2.33. The molecule has 2 heterocycles. The number of hydrogen-bond acceptors (Lipinski definition) is 5. The lowest BCUT2D eigenvalue weighted by atomic mass is 10.4. The highest BCUT2D eigenvalue weighted by atomic mass is 32.2. The number of aromatic nitrogens is 4. The molecule has 0 bridgehead atoms. The molecule has 2 aromatic heterocycles. The fourth-order valence-corrected chi connectivity index (χ4v) is 2.01. The Bertz CT molecular complexity index is 541. The number of nitrogens with zero attached hydrogens (tertiary/aromatic N) is 3. The van der Waals surface area contributed by atoms with Crippen LogP contribution in [0.25, 0.3) is 0 Å². The molecule has 0 spiro atoms. The molecule has 9 heteroatoms. The summed E-state index contributed by atoms with van der Waals surface area (Å²) in [6.07, 6.45) is -1.41. The van der Waals surface area contributed by atoms with Gasteiger partial charge in [0.1, 0.15) is 5.03 Å². The number of anilines is 1. The number of nitrogens with one attached hydrogen (secondary N) is 2. The number of imidazole rings is 1. The number of H-pyrrole nitrogens is 1. The lowest BCUT2D eigenvalue weighted by molar-refractivity contribution is -0.141. The molecular formula is C10H10F3N5S. The predicted molar refractivity (Wildman–Crippen MR) is 63.9 cm³/mol. The SMILES string of the molecule is CCNc1nc(Sc2ncc[nH]2)cc(C(F)(F)F)n1. The fourth-order valence-electron chi connectivity index (χ4n) is 1.27. The first-order chi connectivity index (χ1) is 8.99. The average molecular weight is 289 g/mol. The molecule has 0 atom stereocenters. The normalized spacial score (nSPS) is 11.6. The third-order valence-electron chi connectivity index (χ3n) is 2.00. The van der Waals surface area contributed by atoms with E-state index in [1.165, 1.54) is 6.20 Å². The lowest BCUT2D eigenvalue weighted by Gasteiger charge is -2.09. The van der Waals surface area contributed by atoms with Gasteiger partial charge < -0.3 is 10.3 Å². The van der Waals surface area contributed by atoms with Crippen LogP contribution in [0.15, 0.2) is 28.6 Å². The van der Waals surface area contributed by atoms with Crippen LogP contribution in [0.4, 0.5) is 19.1 Å². The van der Waals surface area contributed by atoms with Gasteiger partial charge in [-0.3, -0.25) is 0 Å². The summed E-state index contributed by atoms with van der Waals surface area (Å²) in [4.78, 5) is 14.1. The zero-order valence-electron chi connectivity index (χ0n) is 9.82. The van der Waals surface area contributed by atoms with Crippen molar-refractivity contribution in [3.05, 3.63) is 24.2 Å². The van der Waals surface area contributed by atoms with Crippen molar-refractivity contribution in [1.82, 2.24) is 19.9 Å². The molecule has 0 aliphatic rings. The summed E-state index contributed by atoms with van der Waals surface area (Å²) in [5, 5.41) is 3.32. The largest absolute Gasteiger partial charge is 0.433 e. The Morgan fingerprint density at radius 2 is 2.16 bits per heavy atom. The quantitative estimate of drug-likeness (QED) is 0.847. The van der Waals surface area contributed by atoms with Crippen molar-refractivity contribution < 1.29 is 13.2 Å². The number of aromatic amines is 1. The number of rotatable bonds is 4. The zero-order chi connectivity index (χ0) is 13.9. The first-order valence-electron chi connectivity index (χ1n) is 5.36. The summed E-state index contributed by atoms with van der Waals surface area (Å²) < 4.78 is 38.1. The molecule has 0 amide bonds. The van der Waals surface area contributed by atoms with Crippen molar-refractivity contribution >= 4 is 17.7 Å². The topological polar surface area (TPSA) is 66.5 Å². The molecule has 0 aliphatic carbocycles. The van der Waals surface area contributed by atoms with Crippen LogP contribution >= 0.6 is 11.8 Å². The van der Waals surface area contributed by atoms with Crippen LogP contribution < -0.4 is 5.32 Å². The molecule has 0 aliphatic heterocycles. The Balaban J connectivity index is 2.34. The van der Waals surface area contributed by atoms with E-state index >= 15 is 0 Å². The van der Waals surface area contributed by atoms with Crippen molar-refractivity contribution in [2.75, 3.05) is 11.9 Å². The van der Waals surface area contributed by atoms with Crippen LogP contribution in [-0.4, -0.2) is 26.5 Å². The molecule has 2 aromatic rings. The lowest BCUT2D eigenvalue weighted by Crippen LogP contribution is -2.12. The molecule has 0 saturated carbocycles. The summed E-state index contributed by atoms with van der Waals surface area (Å²) in [6.45, 7) is 2.19. The summed E-state index contributed by atoms with van der Waals surface area (Å²) in [7, 11) is 0. The second kappa shape index (κ2) is 5.47. The minimum atomic E-state index is -4.51. The van der Waals surface area contributed by atoms with Crippen LogP contribution in [0, 0.1) is 0 Å². The number of hydrogen-bond donors (Lipinski definition) is 2. The minimum Gasteiger partial charge on any atom is -0.354 e.